The maximum absolute atomic E-state index is 11.9. The van der Waals surface area contributed by atoms with E-state index in [9.17, 15) is 4.79 Å². The summed E-state index contributed by atoms with van der Waals surface area (Å²) >= 11 is 1.54. The fourth-order valence-electron chi connectivity index (χ4n) is 2.45. The molecule has 23 heavy (non-hydrogen) atoms. The fraction of sp³-hybridized carbons (Fsp3) is 0.438. The normalized spacial score (nSPS) is 17.3. The predicted molar refractivity (Wildman–Crippen MR) is 90.2 cm³/mol. The first-order valence-electron chi connectivity index (χ1n) is 7.71. The van der Waals surface area contributed by atoms with E-state index < -0.39 is 0 Å². The number of hydrogen-bond donors (Lipinski definition) is 1. The molecule has 7 heteroatoms. The molecule has 0 aliphatic carbocycles. The zero-order valence-electron chi connectivity index (χ0n) is 12.9. The molecule has 0 radical (unpaired) electrons. The number of pyridine rings is 1. The number of carbonyl (C=O) groups excluding carboxylic acids is 1. The molecular formula is C16H20N4O2S. The molecule has 1 fully saturated rings. The first-order valence-corrected chi connectivity index (χ1v) is 8.86. The van der Waals surface area contributed by atoms with E-state index in [0.29, 0.717) is 5.75 Å². The second-order valence-corrected chi connectivity index (χ2v) is 6.43. The Hall–Kier alpha value is -1.86. The number of hydrogen-bond acceptors (Lipinski definition) is 5. The van der Waals surface area contributed by atoms with E-state index in [4.69, 9.17) is 4.74 Å². The van der Waals surface area contributed by atoms with Crippen LogP contribution in [0, 0.1) is 0 Å². The van der Waals surface area contributed by atoms with E-state index in [0.717, 1.165) is 43.1 Å². The Labute approximate surface area is 139 Å². The van der Waals surface area contributed by atoms with Crippen LogP contribution in [0.5, 0.6) is 0 Å². The van der Waals surface area contributed by atoms with E-state index in [2.05, 4.69) is 15.4 Å². The van der Waals surface area contributed by atoms with Gasteiger partial charge in [-0.3, -0.25) is 14.5 Å². The van der Waals surface area contributed by atoms with Crippen LogP contribution in [0.4, 0.5) is 5.69 Å². The van der Waals surface area contributed by atoms with E-state index in [-0.39, 0.29) is 12.0 Å². The lowest BCUT2D eigenvalue weighted by molar-refractivity contribution is -0.113. The van der Waals surface area contributed by atoms with E-state index >= 15 is 0 Å². The molecule has 122 valence electrons. The molecule has 0 aromatic carbocycles. The topological polar surface area (TPSA) is 69.0 Å². The van der Waals surface area contributed by atoms with Crippen molar-refractivity contribution < 1.29 is 9.53 Å². The smallest absolute Gasteiger partial charge is 0.234 e. The summed E-state index contributed by atoms with van der Waals surface area (Å²) in [5.41, 5.74) is 1.71. The number of amides is 1. The molecule has 1 aliphatic rings. The van der Waals surface area contributed by atoms with Gasteiger partial charge >= 0.3 is 0 Å². The molecule has 2 aromatic heterocycles. The highest BCUT2D eigenvalue weighted by atomic mass is 32.2. The Balaban J connectivity index is 1.40. The van der Waals surface area contributed by atoms with Crippen molar-refractivity contribution in [3.8, 4) is 0 Å². The monoisotopic (exact) mass is 332 g/mol. The number of nitrogens with zero attached hydrogens (tertiary/aromatic N) is 3. The van der Waals surface area contributed by atoms with Gasteiger partial charge in [-0.25, -0.2) is 0 Å². The minimum Gasteiger partial charge on any atom is -0.376 e. The molecule has 0 saturated carbocycles. The average Bonchev–Trinajstić information content (AvgIpc) is 3.21. The third-order valence-electron chi connectivity index (χ3n) is 3.54. The Bertz CT molecular complexity index is 626. The molecule has 1 atom stereocenters. The third kappa shape index (κ3) is 5.07. The van der Waals surface area contributed by atoms with Gasteiger partial charge in [-0.15, -0.1) is 11.8 Å². The van der Waals surface area contributed by atoms with Gasteiger partial charge in [-0.1, -0.05) is 6.07 Å². The molecule has 1 aliphatic heterocycles. The van der Waals surface area contributed by atoms with Gasteiger partial charge in [0.15, 0.2) is 0 Å². The van der Waals surface area contributed by atoms with Crippen molar-refractivity contribution in [3.05, 3.63) is 42.5 Å². The van der Waals surface area contributed by atoms with Gasteiger partial charge in [-0.2, -0.15) is 5.10 Å². The number of carbonyl (C=O) groups is 1. The van der Waals surface area contributed by atoms with E-state index in [1.807, 2.05) is 29.1 Å². The Morgan fingerprint density at radius 3 is 3.22 bits per heavy atom. The summed E-state index contributed by atoms with van der Waals surface area (Å²) < 4.78 is 7.41. The van der Waals surface area contributed by atoms with Crippen molar-refractivity contribution in [1.82, 2.24) is 14.8 Å². The van der Waals surface area contributed by atoms with Crippen molar-refractivity contribution in [2.75, 3.05) is 17.7 Å². The number of rotatable bonds is 7. The summed E-state index contributed by atoms with van der Waals surface area (Å²) in [7, 11) is 0. The fourth-order valence-corrected chi connectivity index (χ4v) is 3.19. The van der Waals surface area contributed by atoms with Crippen molar-refractivity contribution >= 4 is 23.4 Å². The lowest BCUT2D eigenvalue weighted by atomic mass is 10.2. The molecule has 3 rings (SSSR count). The van der Waals surface area contributed by atoms with Gasteiger partial charge in [0, 0.05) is 24.8 Å². The summed E-state index contributed by atoms with van der Waals surface area (Å²) in [4.78, 5) is 16.2. The van der Waals surface area contributed by atoms with Crippen molar-refractivity contribution in [2.45, 2.75) is 31.2 Å². The first kappa shape index (κ1) is 16.0. The Kier molecular flexibility index (Phi) is 5.65. The molecular weight excluding hydrogens is 312 g/mol. The highest BCUT2D eigenvalue weighted by molar-refractivity contribution is 7.99. The second-order valence-electron chi connectivity index (χ2n) is 5.45. The second kappa shape index (κ2) is 8.12. The van der Waals surface area contributed by atoms with Gasteiger partial charge < -0.3 is 10.1 Å². The zero-order chi connectivity index (χ0) is 15.9. The van der Waals surface area contributed by atoms with Crippen LogP contribution in [0.2, 0.25) is 0 Å². The molecule has 2 aromatic rings. The third-order valence-corrected chi connectivity index (χ3v) is 4.51. The summed E-state index contributed by atoms with van der Waals surface area (Å²) in [6.45, 7) is 1.58. The highest BCUT2D eigenvalue weighted by Gasteiger charge is 2.16. The molecule has 3 heterocycles. The lowest BCUT2D eigenvalue weighted by Crippen LogP contribution is -2.15. The van der Waals surface area contributed by atoms with Crippen LogP contribution >= 0.6 is 11.8 Å². The molecule has 0 unspecified atom stereocenters. The lowest BCUT2D eigenvalue weighted by Gasteiger charge is -2.08. The molecule has 1 N–H and O–H groups in total. The van der Waals surface area contributed by atoms with Crippen LogP contribution in [0.15, 0.2) is 36.8 Å². The van der Waals surface area contributed by atoms with E-state index in [1.54, 1.807) is 24.2 Å². The van der Waals surface area contributed by atoms with E-state index in [1.165, 1.54) is 0 Å². The maximum atomic E-state index is 11.9. The van der Waals surface area contributed by atoms with Crippen LogP contribution in [-0.4, -0.2) is 39.1 Å². The molecule has 0 spiro atoms. The van der Waals surface area contributed by atoms with Crippen LogP contribution in [0.25, 0.3) is 0 Å². The molecule has 1 saturated heterocycles. The number of anilines is 1. The average molecular weight is 332 g/mol. The van der Waals surface area contributed by atoms with Crippen molar-refractivity contribution in [1.29, 1.82) is 0 Å². The zero-order valence-corrected chi connectivity index (χ0v) is 13.7. The minimum absolute atomic E-state index is 0.0254. The van der Waals surface area contributed by atoms with Gasteiger partial charge in [-0.05, 0) is 25.0 Å². The predicted octanol–water partition coefficient (Wildman–Crippen LogP) is 2.33. The first-order chi connectivity index (χ1) is 11.3. The standard InChI is InChI=1S/C16H20N4O2S/c21-16(12-23-11-13-4-1-2-6-17-13)19-14-8-18-20(9-14)10-15-5-3-7-22-15/h1-2,4,6,8-9,15H,3,5,7,10-12H2,(H,19,21)/t15-/m0/s1. The van der Waals surface area contributed by atoms with Crippen molar-refractivity contribution in [3.63, 3.8) is 0 Å². The molecule has 6 nitrogen and oxygen atoms in total. The van der Waals surface area contributed by atoms with Gasteiger partial charge in [0.1, 0.15) is 0 Å². The number of aromatic nitrogens is 3. The van der Waals surface area contributed by atoms with Crippen LogP contribution < -0.4 is 5.32 Å². The Morgan fingerprint density at radius 1 is 1.48 bits per heavy atom. The molecule has 0 bridgehead atoms. The van der Waals surface area contributed by atoms with Gasteiger partial charge in [0.25, 0.3) is 0 Å². The summed E-state index contributed by atoms with van der Waals surface area (Å²) in [6, 6.07) is 5.79. The van der Waals surface area contributed by atoms with Crippen LogP contribution in [0.1, 0.15) is 18.5 Å². The SMILES string of the molecule is O=C(CSCc1ccccn1)Nc1cnn(C[C@@H]2CCCO2)c1. The number of thioether (sulfide) groups is 1. The minimum atomic E-state index is -0.0254. The quantitative estimate of drug-likeness (QED) is 0.843. The highest BCUT2D eigenvalue weighted by Crippen LogP contribution is 2.15. The number of nitrogens with one attached hydrogen (secondary N) is 1. The maximum Gasteiger partial charge on any atom is 0.234 e. The summed E-state index contributed by atoms with van der Waals surface area (Å²) in [6.07, 6.45) is 7.72. The molecule has 1 amide bonds. The van der Waals surface area contributed by atoms with Crippen LogP contribution in [-0.2, 0) is 21.8 Å². The van der Waals surface area contributed by atoms with Crippen molar-refractivity contribution in [2.24, 2.45) is 0 Å². The van der Waals surface area contributed by atoms with Gasteiger partial charge in [0.2, 0.25) is 5.91 Å². The van der Waals surface area contributed by atoms with Crippen LogP contribution in [0.3, 0.4) is 0 Å². The summed E-state index contributed by atoms with van der Waals surface area (Å²) in [5, 5.41) is 7.13. The number of ether oxygens (including phenoxy) is 1. The summed E-state index contributed by atoms with van der Waals surface area (Å²) in [5.74, 6) is 1.10. The Morgan fingerprint density at radius 2 is 2.43 bits per heavy atom. The largest absolute Gasteiger partial charge is 0.376 e. The van der Waals surface area contributed by atoms with Gasteiger partial charge in [0.05, 0.1) is 36.0 Å².